The molecule has 174 valence electrons. The van der Waals surface area contributed by atoms with Gasteiger partial charge in [-0.2, -0.15) is 5.10 Å². The van der Waals surface area contributed by atoms with Crippen molar-refractivity contribution < 1.29 is 28.5 Å². The minimum atomic E-state index is -0.535. The highest BCUT2D eigenvalue weighted by Gasteiger charge is 2.09. The Morgan fingerprint density at radius 2 is 1.59 bits per heavy atom. The van der Waals surface area contributed by atoms with Crippen LogP contribution in [0.15, 0.2) is 84.0 Å². The number of hydrazone groups is 1. The van der Waals surface area contributed by atoms with E-state index in [1.807, 2.05) is 30.3 Å². The third kappa shape index (κ3) is 7.52. The number of rotatable bonds is 10. The van der Waals surface area contributed by atoms with Crippen LogP contribution in [0.4, 0.5) is 0 Å². The summed E-state index contributed by atoms with van der Waals surface area (Å²) >= 11 is 0. The van der Waals surface area contributed by atoms with Crippen molar-refractivity contribution in [2.45, 2.75) is 0 Å². The molecule has 0 aromatic heterocycles. The van der Waals surface area contributed by atoms with Crippen molar-refractivity contribution in [1.82, 2.24) is 5.43 Å². The molecule has 0 saturated carbocycles. The SMILES string of the molecule is COc1ccc(OCC(=O)N/N=C/c2ccc(OC(=O)/C=C/c3ccccc3)c(OC)c2)cc1. The van der Waals surface area contributed by atoms with E-state index in [9.17, 15) is 9.59 Å². The minimum absolute atomic E-state index is 0.196. The summed E-state index contributed by atoms with van der Waals surface area (Å²) in [5.41, 5.74) is 3.90. The number of carbonyl (C=O) groups excluding carboxylic acids is 2. The van der Waals surface area contributed by atoms with Crippen LogP contribution in [-0.4, -0.2) is 38.9 Å². The van der Waals surface area contributed by atoms with E-state index < -0.39 is 11.9 Å². The molecule has 0 radical (unpaired) electrons. The van der Waals surface area contributed by atoms with Gasteiger partial charge in [0.1, 0.15) is 11.5 Å². The standard InChI is InChI=1S/C26H24N2O6/c1-31-21-10-12-22(13-11-21)33-18-25(29)28-27-17-20-8-14-23(24(16-20)32-2)34-26(30)15-9-19-6-4-3-5-7-19/h3-17H,18H2,1-2H3,(H,28,29)/b15-9+,27-17+. The van der Waals surface area contributed by atoms with Crippen molar-refractivity contribution in [3.63, 3.8) is 0 Å². The largest absolute Gasteiger partial charge is 0.497 e. The molecule has 0 atom stereocenters. The number of esters is 1. The van der Waals surface area contributed by atoms with Gasteiger partial charge in [-0.15, -0.1) is 0 Å². The molecule has 0 aliphatic carbocycles. The molecule has 1 N–H and O–H groups in total. The summed E-state index contributed by atoms with van der Waals surface area (Å²) < 4.78 is 21.1. The number of carbonyl (C=O) groups is 2. The number of hydrogen-bond donors (Lipinski definition) is 1. The summed E-state index contributed by atoms with van der Waals surface area (Å²) in [6.07, 6.45) is 4.44. The lowest BCUT2D eigenvalue weighted by atomic mass is 10.2. The molecule has 8 heteroatoms. The summed E-state index contributed by atoms with van der Waals surface area (Å²) in [7, 11) is 3.03. The molecule has 0 saturated heterocycles. The van der Waals surface area contributed by atoms with Crippen LogP contribution in [-0.2, 0) is 9.59 Å². The number of ether oxygens (including phenoxy) is 4. The number of amides is 1. The summed E-state index contributed by atoms with van der Waals surface area (Å²) in [5, 5.41) is 3.91. The maximum absolute atomic E-state index is 12.1. The fourth-order valence-corrected chi connectivity index (χ4v) is 2.75. The van der Waals surface area contributed by atoms with E-state index in [1.165, 1.54) is 19.4 Å². The second-order valence-corrected chi connectivity index (χ2v) is 6.83. The fourth-order valence-electron chi connectivity index (χ4n) is 2.75. The summed E-state index contributed by atoms with van der Waals surface area (Å²) in [6.45, 7) is -0.196. The first kappa shape index (κ1) is 24.1. The lowest BCUT2D eigenvalue weighted by Gasteiger charge is -2.08. The number of nitrogens with zero attached hydrogens (tertiary/aromatic N) is 1. The Balaban J connectivity index is 1.51. The molecule has 0 fully saturated rings. The lowest BCUT2D eigenvalue weighted by molar-refractivity contribution is -0.129. The molecule has 3 aromatic carbocycles. The Morgan fingerprint density at radius 3 is 2.29 bits per heavy atom. The molecule has 3 rings (SSSR count). The van der Waals surface area contributed by atoms with Gasteiger partial charge in [-0.1, -0.05) is 30.3 Å². The summed E-state index contributed by atoms with van der Waals surface area (Å²) in [5.74, 6) is 0.885. The van der Waals surface area contributed by atoms with Crippen molar-refractivity contribution >= 4 is 24.2 Å². The first-order valence-electron chi connectivity index (χ1n) is 10.3. The van der Waals surface area contributed by atoms with Crippen molar-refractivity contribution in [2.75, 3.05) is 20.8 Å². The first-order chi connectivity index (χ1) is 16.6. The maximum Gasteiger partial charge on any atom is 0.336 e. The van der Waals surface area contributed by atoms with Gasteiger partial charge in [-0.05, 0) is 59.7 Å². The van der Waals surface area contributed by atoms with Crippen LogP contribution in [0.3, 0.4) is 0 Å². The van der Waals surface area contributed by atoms with Crippen LogP contribution in [0, 0.1) is 0 Å². The molecule has 34 heavy (non-hydrogen) atoms. The predicted molar refractivity (Wildman–Crippen MR) is 128 cm³/mol. The third-order valence-corrected chi connectivity index (χ3v) is 4.44. The highest BCUT2D eigenvalue weighted by atomic mass is 16.6. The second kappa shape index (κ2) is 12.4. The Hall–Kier alpha value is -4.59. The van der Waals surface area contributed by atoms with E-state index in [4.69, 9.17) is 18.9 Å². The molecule has 8 nitrogen and oxygen atoms in total. The highest BCUT2D eigenvalue weighted by Crippen LogP contribution is 2.28. The Bertz CT molecular complexity index is 1160. The Labute approximate surface area is 197 Å². The molecule has 0 unspecified atom stereocenters. The van der Waals surface area contributed by atoms with Gasteiger partial charge in [0.2, 0.25) is 0 Å². The Kier molecular flexibility index (Phi) is 8.81. The monoisotopic (exact) mass is 460 g/mol. The molecule has 0 aliphatic heterocycles. The van der Waals surface area contributed by atoms with Gasteiger partial charge in [-0.25, -0.2) is 10.2 Å². The Morgan fingerprint density at radius 1 is 0.853 bits per heavy atom. The van der Waals surface area contributed by atoms with Crippen molar-refractivity contribution in [2.24, 2.45) is 5.10 Å². The molecule has 3 aromatic rings. The quantitative estimate of drug-likeness (QED) is 0.162. The van der Waals surface area contributed by atoms with Crippen LogP contribution in [0.1, 0.15) is 11.1 Å². The first-order valence-corrected chi connectivity index (χ1v) is 10.3. The number of nitrogens with one attached hydrogen (secondary N) is 1. The smallest absolute Gasteiger partial charge is 0.336 e. The van der Waals surface area contributed by atoms with E-state index in [0.29, 0.717) is 22.8 Å². The predicted octanol–water partition coefficient (Wildman–Crippen LogP) is 3.85. The van der Waals surface area contributed by atoms with Crippen LogP contribution < -0.4 is 24.4 Å². The third-order valence-electron chi connectivity index (χ3n) is 4.44. The van der Waals surface area contributed by atoms with E-state index in [-0.39, 0.29) is 12.4 Å². The summed E-state index contributed by atoms with van der Waals surface area (Å²) in [6, 6.07) is 21.2. The number of hydrogen-bond acceptors (Lipinski definition) is 7. The van der Waals surface area contributed by atoms with E-state index in [2.05, 4.69) is 10.5 Å². The fraction of sp³-hybridized carbons (Fsp3) is 0.115. The minimum Gasteiger partial charge on any atom is -0.497 e. The van der Waals surface area contributed by atoms with Crippen LogP contribution >= 0.6 is 0 Å². The zero-order valence-corrected chi connectivity index (χ0v) is 18.8. The van der Waals surface area contributed by atoms with Gasteiger partial charge in [0.25, 0.3) is 5.91 Å². The average molecular weight is 460 g/mol. The van der Waals surface area contributed by atoms with Crippen LogP contribution in [0.2, 0.25) is 0 Å². The van der Waals surface area contributed by atoms with Crippen molar-refractivity contribution in [3.05, 3.63) is 90.0 Å². The molecule has 1 amide bonds. The van der Waals surface area contributed by atoms with Gasteiger partial charge in [-0.3, -0.25) is 4.79 Å². The van der Waals surface area contributed by atoms with Gasteiger partial charge in [0, 0.05) is 6.08 Å². The van der Waals surface area contributed by atoms with Crippen molar-refractivity contribution in [3.8, 4) is 23.0 Å². The van der Waals surface area contributed by atoms with E-state index in [0.717, 1.165) is 5.56 Å². The number of benzene rings is 3. The molecular weight excluding hydrogens is 436 g/mol. The topological polar surface area (TPSA) is 95.5 Å². The van der Waals surface area contributed by atoms with Crippen molar-refractivity contribution in [1.29, 1.82) is 0 Å². The van der Waals surface area contributed by atoms with Gasteiger partial charge in [0.05, 0.1) is 20.4 Å². The zero-order chi connectivity index (χ0) is 24.2. The zero-order valence-electron chi connectivity index (χ0n) is 18.8. The van der Waals surface area contributed by atoms with E-state index >= 15 is 0 Å². The van der Waals surface area contributed by atoms with Crippen LogP contribution in [0.25, 0.3) is 6.08 Å². The van der Waals surface area contributed by atoms with Gasteiger partial charge in [0.15, 0.2) is 18.1 Å². The van der Waals surface area contributed by atoms with Crippen LogP contribution in [0.5, 0.6) is 23.0 Å². The highest BCUT2D eigenvalue weighted by molar-refractivity contribution is 5.89. The average Bonchev–Trinajstić information content (AvgIpc) is 2.88. The molecular formula is C26H24N2O6. The summed E-state index contributed by atoms with van der Waals surface area (Å²) in [4.78, 5) is 24.1. The lowest BCUT2D eigenvalue weighted by Crippen LogP contribution is -2.24. The molecule has 0 heterocycles. The van der Waals surface area contributed by atoms with Gasteiger partial charge < -0.3 is 18.9 Å². The number of methoxy groups -OCH3 is 2. The maximum atomic E-state index is 12.1. The second-order valence-electron chi connectivity index (χ2n) is 6.83. The van der Waals surface area contributed by atoms with Gasteiger partial charge >= 0.3 is 5.97 Å². The normalized spacial score (nSPS) is 10.8. The molecule has 0 spiro atoms. The van der Waals surface area contributed by atoms with E-state index in [1.54, 1.807) is 55.7 Å². The molecule has 0 bridgehead atoms. The molecule has 0 aliphatic rings.